The van der Waals surface area contributed by atoms with Crippen molar-refractivity contribution in [1.29, 1.82) is 0 Å². The minimum atomic E-state index is -0.361. The van der Waals surface area contributed by atoms with Gasteiger partial charge in [-0.25, -0.2) is 4.39 Å². The summed E-state index contributed by atoms with van der Waals surface area (Å²) in [5, 5.41) is 0.119. The third kappa shape index (κ3) is 3.60. The molecule has 18 heavy (non-hydrogen) atoms. The predicted octanol–water partition coefficient (Wildman–Crippen LogP) is 5.48. The number of ether oxygens (including phenoxy) is 1. The zero-order valence-electron chi connectivity index (χ0n) is 9.77. The Hall–Kier alpha value is 0.170. The topological polar surface area (TPSA) is 9.23 Å². The molecule has 1 heterocycles. The van der Waals surface area contributed by atoms with Crippen LogP contribution in [0.5, 0.6) is 0 Å². The summed E-state index contributed by atoms with van der Waals surface area (Å²) in [5.74, 6) is -0.321. The van der Waals surface area contributed by atoms with Crippen LogP contribution in [0.25, 0.3) is 0 Å². The Bertz CT molecular complexity index is 422. The van der Waals surface area contributed by atoms with Crippen molar-refractivity contribution >= 4 is 39.1 Å². The van der Waals surface area contributed by atoms with Crippen molar-refractivity contribution in [2.75, 3.05) is 6.61 Å². The molecule has 0 N–H and O–H groups in total. The maximum Gasteiger partial charge on any atom is 0.129 e. The van der Waals surface area contributed by atoms with E-state index in [9.17, 15) is 4.39 Å². The lowest BCUT2D eigenvalue weighted by Crippen LogP contribution is -2.06. The molecule has 0 saturated carbocycles. The molecule has 0 amide bonds. The maximum atomic E-state index is 13.8. The lowest BCUT2D eigenvalue weighted by molar-refractivity contribution is 0.102. The van der Waals surface area contributed by atoms with E-state index in [-0.39, 0.29) is 17.3 Å². The van der Waals surface area contributed by atoms with Gasteiger partial charge in [-0.1, -0.05) is 11.6 Å². The van der Waals surface area contributed by atoms with Gasteiger partial charge in [0, 0.05) is 16.6 Å². The second-order valence-corrected chi connectivity index (χ2v) is 6.26. The van der Waals surface area contributed by atoms with Gasteiger partial charge in [-0.05, 0) is 53.7 Å². The molecule has 1 saturated heterocycles. The van der Waals surface area contributed by atoms with Gasteiger partial charge >= 0.3 is 0 Å². The molecule has 1 aliphatic heterocycles. The van der Waals surface area contributed by atoms with Gasteiger partial charge in [-0.2, -0.15) is 0 Å². The first-order valence-electron chi connectivity index (χ1n) is 5.98. The standard InChI is InChI=1S/C13H14BrCl2FO/c14-10-7-13(17)9(6-12(10)16)11(15)4-3-8-2-1-5-18-8/h6-8,11H,1-5H2. The fourth-order valence-electron chi connectivity index (χ4n) is 2.14. The molecule has 100 valence electrons. The van der Waals surface area contributed by atoms with Crippen molar-refractivity contribution in [3.05, 3.63) is 33.0 Å². The van der Waals surface area contributed by atoms with Crippen LogP contribution >= 0.6 is 39.1 Å². The van der Waals surface area contributed by atoms with Crippen LogP contribution in [-0.4, -0.2) is 12.7 Å². The number of alkyl halides is 1. The normalized spacial score (nSPS) is 21.2. The molecular weight excluding hydrogens is 342 g/mol. The fourth-order valence-corrected chi connectivity index (χ4v) is 2.92. The SMILES string of the molecule is Fc1cc(Br)c(Cl)cc1C(Cl)CCC1CCCO1. The minimum Gasteiger partial charge on any atom is -0.378 e. The van der Waals surface area contributed by atoms with Gasteiger partial charge in [-0.15, -0.1) is 11.6 Å². The second kappa shape index (κ2) is 6.56. The quantitative estimate of drug-likeness (QED) is 0.513. The summed E-state index contributed by atoms with van der Waals surface area (Å²) in [6.45, 7) is 0.829. The largest absolute Gasteiger partial charge is 0.378 e. The van der Waals surface area contributed by atoms with Crippen molar-refractivity contribution in [3.63, 3.8) is 0 Å². The Morgan fingerprint density at radius 2 is 2.28 bits per heavy atom. The van der Waals surface area contributed by atoms with Crippen LogP contribution in [0.1, 0.15) is 36.6 Å². The molecule has 0 radical (unpaired) electrons. The average Bonchev–Trinajstić information content (AvgIpc) is 2.84. The van der Waals surface area contributed by atoms with E-state index in [0.717, 1.165) is 25.9 Å². The molecule has 0 bridgehead atoms. The van der Waals surface area contributed by atoms with Crippen molar-refractivity contribution in [1.82, 2.24) is 0 Å². The number of halogens is 4. The zero-order valence-corrected chi connectivity index (χ0v) is 12.9. The highest BCUT2D eigenvalue weighted by molar-refractivity contribution is 9.10. The van der Waals surface area contributed by atoms with Gasteiger partial charge in [0.05, 0.1) is 16.5 Å². The Morgan fingerprint density at radius 1 is 1.50 bits per heavy atom. The van der Waals surface area contributed by atoms with E-state index in [1.807, 2.05) is 0 Å². The summed E-state index contributed by atoms with van der Waals surface area (Å²) in [5.41, 5.74) is 0.461. The highest BCUT2D eigenvalue weighted by atomic mass is 79.9. The summed E-state index contributed by atoms with van der Waals surface area (Å²) in [6, 6.07) is 2.95. The van der Waals surface area contributed by atoms with Crippen molar-refractivity contribution in [3.8, 4) is 0 Å². The predicted molar refractivity (Wildman–Crippen MR) is 75.9 cm³/mol. The fraction of sp³-hybridized carbons (Fsp3) is 0.538. The molecule has 1 aliphatic rings. The third-order valence-corrected chi connectivity index (χ3v) is 4.79. The number of hydrogen-bond acceptors (Lipinski definition) is 1. The van der Waals surface area contributed by atoms with E-state index in [2.05, 4.69) is 15.9 Å². The minimum absolute atomic E-state index is 0.278. The molecule has 2 atom stereocenters. The van der Waals surface area contributed by atoms with Crippen LogP contribution in [0.2, 0.25) is 5.02 Å². The molecule has 1 fully saturated rings. The molecule has 0 aromatic heterocycles. The van der Waals surface area contributed by atoms with Gasteiger partial charge in [0.25, 0.3) is 0 Å². The zero-order chi connectivity index (χ0) is 13.1. The lowest BCUT2D eigenvalue weighted by atomic mass is 10.0. The molecule has 1 nitrogen and oxygen atoms in total. The summed E-state index contributed by atoms with van der Waals surface area (Å²) in [6.07, 6.45) is 4.02. The summed E-state index contributed by atoms with van der Waals surface area (Å²) in [4.78, 5) is 0. The highest BCUT2D eigenvalue weighted by Gasteiger charge is 2.20. The first kappa shape index (κ1) is 14.6. The summed E-state index contributed by atoms with van der Waals surface area (Å²) >= 11 is 15.4. The first-order valence-corrected chi connectivity index (χ1v) is 7.59. The van der Waals surface area contributed by atoms with E-state index >= 15 is 0 Å². The second-order valence-electron chi connectivity index (χ2n) is 4.47. The van der Waals surface area contributed by atoms with Crippen LogP contribution in [0.3, 0.4) is 0 Å². The van der Waals surface area contributed by atoms with E-state index < -0.39 is 0 Å². The van der Waals surface area contributed by atoms with Crippen LogP contribution in [-0.2, 0) is 4.74 Å². The van der Waals surface area contributed by atoms with E-state index in [4.69, 9.17) is 27.9 Å². The van der Waals surface area contributed by atoms with E-state index in [1.54, 1.807) is 6.07 Å². The molecule has 0 aliphatic carbocycles. The highest BCUT2D eigenvalue weighted by Crippen LogP contribution is 2.34. The van der Waals surface area contributed by atoms with Crippen LogP contribution in [0.4, 0.5) is 4.39 Å². The molecular formula is C13H14BrCl2FO. The van der Waals surface area contributed by atoms with E-state index in [1.165, 1.54) is 6.07 Å². The van der Waals surface area contributed by atoms with Crippen LogP contribution < -0.4 is 0 Å². The van der Waals surface area contributed by atoms with Crippen LogP contribution in [0, 0.1) is 5.82 Å². The molecule has 5 heteroatoms. The van der Waals surface area contributed by atoms with E-state index in [0.29, 0.717) is 21.5 Å². The number of rotatable bonds is 4. The molecule has 2 unspecified atom stereocenters. The number of benzene rings is 1. The Kier molecular flexibility index (Phi) is 5.31. The first-order chi connectivity index (χ1) is 8.58. The van der Waals surface area contributed by atoms with Gasteiger partial charge < -0.3 is 4.74 Å². The van der Waals surface area contributed by atoms with Gasteiger partial charge in [0.1, 0.15) is 5.82 Å². The summed E-state index contributed by atoms with van der Waals surface area (Å²) in [7, 11) is 0. The summed E-state index contributed by atoms with van der Waals surface area (Å²) < 4.78 is 19.9. The van der Waals surface area contributed by atoms with Gasteiger partial charge in [0.15, 0.2) is 0 Å². The van der Waals surface area contributed by atoms with Gasteiger partial charge in [0.2, 0.25) is 0 Å². The number of hydrogen-bond donors (Lipinski definition) is 0. The van der Waals surface area contributed by atoms with Crippen molar-refractivity contribution in [2.45, 2.75) is 37.2 Å². The van der Waals surface area contributed by atoms with Crippen LogP contribution in [0.15, 0.2) is 16.6 Å². The Balaban J connectivity index is 1.99. The average molecular weight is 356 g/mol. The van der Waals surface area contributed by atoms with Gasteiger partial charge in [-0.3, -0.25) is 0 Å². The molecule has 1 aromatic rings. The Labute approximate surface area is 125 Å². The van der Waals surface area contributed by atoms with Crippen molar-refractivity contribution in [2.24, 2.45) is 0 Å². The smallest absolute Gasteiger partial charge is 0.129 e. The monoisotopic (exact) mass is 354 g/mol. The lowest BCUT2D eigenvalue weighted by Gasteiger charge is -2.14. The third-order valence-electron chi connectivity index (χ3n) is 3.14. The molecule has 1 aromatic carbocycles. The maximum absolute atomic E-state index is 13.8. The Morgan fingerprint density at radius 3 is 2.94 bits per heavy atom. The molecule has 2 rings (SSSR count). The van der Waals surface area contributed by atoms with Crippen molar-refractivity contribution < 1.29 is 9.13 Å². The molecule has 0 spiro atoms.